The molecule has 1 rings (SSSR count). The van der Waals surface area contributed by atoms with E-state index in [1.807, 2.05) is 0 Å². The van der Waals surface area contributed by atoms with Gasteiger partial charge in [0, 0.05) is 6.54 Å². The molecular weight excluding hydrogens is 362 g/mol. The predicted molar refractivity (Wildman–Crippen MR) is 90.9 cm³/mol. The number of carboxylic acid groups (broad SMARTS) is 4. The molecule has 0 aliphatic heterocycles. The third kappa shape index (κ3) is 7.01. The number of carboxylic acids is 4. The molecule has 0 aromatic heterocycles. The zero-order valence-corrected chi connectivity index (χ0v) is 14.3. The molecule has 0 aliphatic carbocycles. The number of nitrogens with two attached hydrogens (primary N) is 1. The summed E-state index contributed by atoms with van der Waals surface area (Å²) in [6.45, 7) is -3.26. The second-order valence-corrected chi connectivity index (χ2v) is 5.87. The molecule has 6 N–H and O–H groups in total. The van der Waals surface area contributed by atoms with Gasteiger partial charge in [0.2, 0.25) is 0 Å². The minimum Gasteiger partial charge on any atom is -0.480 e. The summed E-state index contributed by atoms with van der Waals surface area (Å²) in [6.07, 6.45) is 0. The minimum atomic E-state index is -1.76. The van der Waals surface area contributed by atoms with Crippen molar-refractivity contribution < 1.29 is 39.6 Å². The van der Waals surface area contributed by atoms with Crippen molar-refractivity contribution in [2.45, 2.75) is 5.66 Å². The topological polar surface area (TPSA) is 182 Å². The van der Waals surface area contributed by atoms with Gasteiger partial charge >= 0.3 is 23.9 Å². The molecule has 0 aliphatic rings. The molecule has 0 fully saturated rings. The van der Waals surface area contributed by atoms with Crippen LogP contribution >= 0.6 is 0 Å². The van der Waals surface area contributed by atoms with E-state index in [0.717, 1.165) is 9.80 Å². The van der Waals surface area contributed by atoms with Crippen molar-refractivity contribution in [1.82, 2.24) is 9.80 Å². The summed E-state index contributed by atoms with van der Waals surface area (Å²) in [5, 5.41) is 36.3. The Morgan fingerprint density at radius 1 is 0.778 bits per heavy atom. The van der Waals surface area contributed by atoms with Crippen molar-refractivity contribution >= 4 is 23.9 Å². The van der Waals surface area contributed by atoms with E-state index in [1.165, 1.54) is 12.1 Å². The van der Waals surface area contributed by atoms with Gasteiger partial charge in [-0.1, -0.05) is 30.3 Å². The Bertz CT molecular complexity index is 664. The van der Waals surface area contributed by atoms with Crippen LogP contribution in [0.25, 0.3) is 0 Å². The van der Waals surface area contributed by atoms with Crippen LogP contribution in [0.15, 0.2) is 30.3 Å². The summed E-state index contributed by atoms with van der Waals surface area (Å²) in [4.78, 5) is 46.5. The van der Waals surface area contributed by atoms with Crippen molar-refractivity contribution in [3.8, 4) is 0 Å². The average Bonchev–Trinajstić information content (AvgIpc) is 2.52. The van der Waals surface area contributed by atoms with Crippen LogP contribution in [0.5, 0.6) is 0 Å². The van der Waals surface area contributed by atoms with Gasteiger partial charge in [-0.15, -0.1) is 0 Å². The summed E-state index contributed by atoms with van der Waals surface area (Å²) >= 11 is 0. The van der Waals surface area contributed by atoms with E-state index in [4.69, 9.17) is 26.2 Å². The zero-order chi connectivity index (χ0) is 20.6. The standard InChI is InChI=1S/C16H21N3O8/c17-16(11-4-2-1-3-5-11,19(8-14(24)25)9-15(26)27)10-18(6-12(20)21)7-13(22)23/h1-5H,6-10,17H2,(H,20,21)(H,22,23)(H,24,25)(H,26,27). The maximum atomic E-state index is 11.2. The fourth-order valence-corrected chi connectivity index (χ4v) is 2.66. The summed E-state index contributed by atoms with van der Waals surface area (Å²) in [5.74, 6) is -5.31. The summed E-state index contributed by atoms with van der Waals surface area (Å²) in [7, 11) is 0. The number of benzene rings is 1. The van der Waals surface area contributed by atoms with Crippen molar-refractivity contribution in [1.29, 1.82) is 0 Å². The predicted octanol–water partition coefficient (Wildman–Crippen LogP) is -1.26. The van der Waals surface area contributed by atoms with Crippen LogP contribution in [-0.2, 0) is 24.8 Å². The third-order valence-corrected chi connectivity index (χ3v) is 3.67. The molecule has 1 aromatic rings. The molecule has 0 bridgehead atoms. The monoisotopic (exact) mass is 383 g/mol. The van der Waals surface area contributed by atoms with E-state index in [1.54, 1.807) is 18.2 Å². The van der Waals surface area contributed by atoms with Crippen LogP contribution in [0.1, 0.15) is 5.56 Å². The molecule has 0 radical (unpaired) electrons. The molecule has 1 unspecified atom stereocenters. The zero-order valence-electron chi connectivity index (χ0n) is 14.3. The molecule has 1 atom stereocenters. The van der Waals surface area contributed by atoms with Crippen LogP contribution in [0.2, 0.25) is 0 Å². The van der Waals surface area contributed by atoms with Crippen LogP contribution in [0.4, 0.5) is 0 Å². The van der Waals surface area contributed by atoms with Gasteiger partial charge in [-0.2, -0.15) is 0 Å². The molecule has 0 saturated heterocycles. The first-order chi connectivity index (χ1) is 12.5. The molecule has 0 spiro atoms. The second-order valence-electron chi connectivity index (χ2n) is 5.87. The Morgan fingerprint density at radius 3 is 1.56 bits per heavy atom. The second kappa shape index (κ2) is 9.62. The Kier molecular flexibility index (Phi) is 7.84. The number of carbonyl (C=O) groups is 4. The van der Waals surface area contributed by atoms with Crippen molar-refractivity contribution in [3.05, 3.63) is 35.9 Å². The van der Waals surface area contributed by atoms with Gasteiger partial charge < -0.3 is 26.2 Å². The highest BCUT2D eigenvalue weighted by atomic mass is 16.4. The quantitative estimate of drug-likeness (QED) is 0.272. The molecule has 0 amide bonds. The largest absolute Gasteiger partial charge is 0.480 e. The van der Waals surface area contributed by atoms with Gasteiger partial charge in [0.1, 0.15) is 5.66 Å². The van der Waals surface area contributed by atoms with Crippen LogP contribution in [0.3, 0.4) is 0 Å². The van der Waals surface area contributed by atoms with Gasteiger partial charge in [0.25, 0.3) is 0 Å². The van der Waals surface area contributed by atoms with Crippen LogP contribution in [-0.4, -0.2) is 86.8 Å². The maximum absolute atomic E-state index is 11.2. The van der Waals surface area contributed by atoms with E-state index >= 15 is 0 Å². The van der Waals surface area contributed by atoms with Gasteiger partial charge in [0.05, 0.1) is 26.2 Å². The normalized spacial score (nSPS) is 13.3. The highest BCUT2D eigenvalue weighted by molar-refractivity contribution is 5.73. The summed E-state index contributed by atoms with van der Waals surface area (Å²) < 4.78 is 0. The van der Waals surface area contributed by atoms with Gasteiger partial charge in [-0.3, -0.25) is 29.0 Å². The van der Waals surface area contributed by atoms with E-state index in [9.17, 15) is 19.2 Å². The number of hydrogen-bond acceptors (Lipinski definition) is 7. The first kappa shape index (κ1) is 22.0. The number of rotatable bonds is 12. The van der Waals surface area contributed by atoms with Gasteiger partial charge in [0.15, 0.2) is 0 Å². The summed E-state index contributed by atoms with van der Waals surface area (Å²) in [5.41, 5.74) is 4.94. The molecule has 11 nitrogen and oxygen atoms in total. The van der Waals surface area contributed by atoms with Crippen LogP contribution < -0.4 is 5.73 Å². The Labute approximate surface area is 154 Å². The average molecular weight is 383 g/mol. The molecule has 11 heteroatoms. The minimum absolute atomic E-state index is 0.313. The van der Waals surface area contributed by atoms with Crippen molar-refractivity contribution in [3.63, 3.8) is 0 Å². The van der Waals surface area contributed by atoms with Gasteiger partial charge in [-0.05, 0) is 5.56 Å². The van der Waals surface area contributed by atoms with E-state index in [2.05, 4.69) is 0 Å². The maximum Gasteiger partial charge on any atom is 0.317 e. The lowest BCUT2D eigenvalue weighted by atomic mass is 9.96. The lowest BCUT2D eigenvalue weighted by Crippen LogP contribution is -2.62. The van der Waals surface area contributed by atoms with Crippen molar-refractivity contribution in [2.24, 2.45) is 5.73 Å². The van der Waals surface area contributed by atoms with Gasteiger partial charge in [-0.25, -0.2) is 0 Å². The van der Waals surface area contributed by atoms with E-state index in [0.29, 0.717) is 5.56 Å². The molecule has 148 valence electrons. The lowest BCUT2D eigenvalue weighted by molar-refractivity contribution is -0.149. The molecular formula is C16H21N3O8. The molecule has 1 aromatic carbocycles. The third-order valence-electron chi connectivity index (χ3n) is 3.67. The van der Waals surface area contributed by atoms with Crippen molar-refractivity contribution in [2.75, 3.05) is 32.7 Å². The Hall–Kier alpha value is -3.02. The molecule has 0 heterocycles. The fourth-order valence-electron chi connectivity index (χ4n) is 2.66. The van der Waals surface area contributed by atoms with E-state index in [-0.39, 0.29) is 0 Å². The molecule has 27 heavy (non-hydrogen) atoms. The Morgan fingerprint density at radius 2 is 1.19 bits per heavy atom. The fraction of sp³-hybridized carbons (Fsp3) is 0.375. The highest BCUT2D eigenvalue weighted by Crippen LogP contribution is 2.24. The SMILES string of the molecule is NC(CN(CC(=O)O)CC(=O)O)(c1ccccc1)N(CC(=O)O)CC(=O)O. The van der Waals surface area contributed by atoms with Crippen LogP contribution in [0, 0.1) is 0 Å². The first-order valence-corrected chi connectivity index (χ1v) is 7.73. The van der Waals surface area contributed by atoms with E-state index < -0.39 is 62.3 Å². The smallest absolute Gasteiger partial charge is 0.317 e. The number of aliphatic carboxylic acids is 4. The Balaban J connectivity index is 3.37. The molecule has 0 saturated carbocycles. The number of nitrogens with zero attached hydrogens (tertiary/aromatic N) is 2. The lowest BCUT2D eigenvalue weighted by Gasteiger charge is -2.42. The summed E-state index contributed by atoms with van der Waals surface area (Å²) in [6, 6.07) is 7.90. The highest BCUT2D eigenvalue weighted by Gasteiger charge is 2.39. The first-order valence-electron chi connectivity index (χ1n) is 7.73. The number of hydrogen-bond donors (Lipinski definition) is 5.